The number of carbonyl (C=O) groups excluding carboxylic acids is 2. The summed E-state index contributed by atoms with van der Waals surface area (Å²) >= 11 is 0. The molecule has 0 atom stereocenters. The number of carbonyl (C=O) groups is 2. The molecule has 0 N–H and O–H groups in total. The fourth-order valence-corrected chi connectivity index (χ4v) is 4.63. The standard InChI is InChI=1S/C26H26F3NO5.Na/c1-2-35-24(33)22-21(31)15-25(11-13-34-14-12-25)30(23(22)32)16-17-3-5-18(6-4-17)19-7-9-20(10-8-19)26(27,28)29;/h3-10,31H,2,11-16H2,1H3;/q;+1/p-1. The number of rotatable bonds is 5. The van der Waals surface area contributed by atoms with Gasteiger partial charge in [-0.15, -0.1) is 5.76 Å². The second kappa shape index (κ2) is 11.4. The summed E-state index contributed by atoms with van der Waals surface area (Å²) in [5, 5.41) is 12.8. The van der Waals surface area contributed by atoms with Crippen LogP contribution in [0.2, 0.25) is 0 Å². The third-order valence-corrected chi connectivity index (χ3v) is 6.54. The van der Waals surface area contributed by atoms with Gasteiger partial charge in [-0.3, -0.25) is 4.79 Å². The van der Waals surface area contributed by atoms with Crippen LogP contribution < -0.4 is 34.7 Å². The Hall–Kier alpha value is -2.33. The molecule has 1 fully saturated rings. The molecule has 186 valence electrons. The molecule has 4 rings (SSSR count). The maximum absolute atomic E-state index is 13.4. The fraction of sp³-hybridized carbons (Fsp3) is 0.385. The average molecular weight is 511 g/mol. The molecule has 0 radical (unpaired) electrons. The van der Waals surface area contributed by atoms with Crippen LogP contribution in [0.15, 0.2) is 59.9 Å². The smallest absolute Gasteiger partial charge is 0.875 e. The molecule has 2 heterocycles. The van der Waals surface area contributed by atoms with Gasteiger partial charge in [-0.2, -0.15) is 13.2 Å². The van der Waals surface area contributed by atoms with E-state index in [1.807, 2.05) is 0 Å². The number of alkyl halides is 3. The van der Waals surface area contributed by atoms with Crippen molar-refractivity contribution >= 4 is 11.9 Å². The van der Waals surface area contributed by atoms with Gasteiger partial charge >= 0.3 is 41.7 Å². The Kier molecular flexibility index (Phi) is 8.93. The molecule has 0 saturated carbocycles. The first-order valence-corrected chi connectivity index (χ1v) is 11.4. The summed E-state index contributed by atoms with van der Waals surface area (Å²) in [6.45, 7) is 2.62. The molecule has 36 heavy (non-hydrogen) atoms. The van der Waals surface area contributed by atoms with E-state index in [0.29, 0.717) is 31.6 Å². The number of hydrogen-bond donors (Lipinski definition) is 0. The van der Waals surface area contributed by atoms with Gasteiger partial charge in [0.1, 0.15) is 5.57 Å². The van der Waals surface area contributed by atoms with E-state index in [9.17, 15) is 27.9 Å². The van der Waals surface area contributed by atoms with E-state index in [4.69, 9.17) is 9.47 Å². The van der Waals surface area contributed by atoms with Crippen molar-refractivity contribution in [3.63, 3.8) is 0 Å². The van der Waals surface area contributed by atoms with Gasteiger partial charge in [-0.25, -0.2) is 4.79 Å². The summed E-state index contributed by atoms with van der Waals surface area (Å²) in [4.78, 5) is 27.3. The number of amides is 1. The van der Waals surface area contributed by atoms with Crippen LogP contribution in [0, 0.1) is 0 Å². The first kappa shape index (κ1) is 28.2. The second-order valence-electron chi connectivity index (χ2n) is 8.70. The quantitative estimate of drug-likeness (QED) is 0.338. The first-order chi connectivity index (χ1) is 16.6. The third-order valence-electron chi connectivity index (χ3n) is 6.54. The fourth-order valence-electron chi connectivity index (χ4n) is 4.63. The zero-order valence-corrected chi connectivity index (χ0v) is 22.2. The van der Waals surface area contributed by atoms with E-state index in [-0.39, 0.29) is 49.1 Å². The molecule has 10 heteroatoms. The first-order valence-electron chi connectivity index (χ1n) is 11.4. The molecule has 2 aromatic carbocycles. The topological polar surface area (TPSA) is 78.9 Å². The van der Waals surface area contributed by atoms with Gasteiger partial charge in [0.25, 0.3) is 5.91 Å². The molecule has 6 nitrogen and oxygen atoms in total. The number of hydrogen-bond acceptors (Lipinski definition) is 5. The Morgan fingerprint density at radius 1 is 1.06 bits per heavy atom. The van der Waals surface area contributed by atoms with E-state index >= 15 is 0 Å². The van der Waals surface area contributed by atoms with Crippen LogP contribution in [-0.2, 0) is 31.8 Å². The van der Waals surface area contributed by atoms with Crippen LogP contribution in [0.1, 0.15) is 37.3 Å². The van der Waals surface area contributed by atoms with Crippen molar-refractivity contribution in [2.24, 2.45) is 0 Å². The van der Waals surface area contributed by atoms with Crippen molar-refractivity contribution < 1.29 is 66.9 Å². The number of esters is 1. The van der Waals surface area contributed by atoms with Gasteiger partial charge in [0.2, 0.25) is 0 Å². The maximum atomic E-state index is 13.4. The van der Waals surface area contributed by atoms with Gasteiger partial charge in [0.15, 0.2) is 0 Å². The number of ether oxygens (including phenoxy) is 2. The number of halogens is 3. The van der Waals surface area contributed by atoms with Crippen molar-refractivity contribution in [1.29, 1.82) is 0 Å². The van der Waals surface area contributed by atoms with Crippen molar-refractivity contribution in [2.45, 2.75) is 44.4 Å². The van der Waals surface area contributed by atoms with Gasteiger partial charge in [0, 0.05) is 19.8 Å². The molecule has 1 saturated heterocycles. The van der Waals surface area contributed by atoms with Crippen LogP contribution in [0.3, 0.4) is 0 Å². The molecular formula is C26H25F3NNaO5. The minimum absolute atomic E-state index is 0. The van der Waals surface area contributed by atoms with Crippen molar-refractivity contribution in [3.8, 4) is 11.1 Å². The molecule has 1 spiro atoms. The third kappa shape index (κ3) is 5.80. The van der Waals surface area contributed by atoms with Crippen LogP contribution >= 0.6 is 0 Å². The Bertz CT molecular complexity index is 1120. The summed E-state index contributed by atoms with van der Waals surface area (Å²) in [5.74, 6) is -2.07. The zero-order valence-electron chi connectivity index (χ0n) is 20.2. The molecule has 0 unspecified atom stereocenters. The average Bonchev–Trinajstić information content (AvgIpc) is 2.82. The van der Waals surface area contributed by atoms with Crippen LogP contribution in [0.25, 0.3) is 11.1 Å². The van der Waals surface area contributed by atoms with Crippen LogP contribution in [0.4, 0.5) is 13.2 Å². The minimum atomic E-state index is -4.40. The summed E-state index contributed by atoms with van der Waals surface area (Å²) in [6, 6.07) is 12.0. The van der Waals surface area contributed by atoms with E-state index in [1.165, 1.54) is 12.1 Å². The largest absolute Gasteiger partial charge is 1.00 e. The van der Waals surface area contributed by atoms with Gasteiger partial charge < -0.3 is 19.5 Å². The van der Waals surface area contributed by atoms with Crippen molar-refractivity contribution in [1.82, 2.24) is 4.90 Å². The molecule has 0 bridgehead atoms. The number of nitrogens with zero attached hydrogens (tertiary/aromatic N) is 1. The van der Waals surface area contributed by atoms with Crippen molar-refractivity contribution in [3.05, 3.63) is 71.0 Å². The Morgan fingerprint density at radius 3 is 2.14 bits per heavy atom. The molecule has 2 aliphatic heterocycles. The SMILES string of the molecule is CCOC(=O)C1=C([O-])CC2(CCOCC2)N(Cc2ccc(-c3ccc(C(F)(F)F)cc3)cc2)C1=O.[Na+]. The van der Waals surface area contributed by atoms with Gasteiger partial charge in [-0.1, -0.05) is 36.4 Å². The normalized spacial score (nSPS) is 17.7. The molecular weight excluding hydrogens is 486 g/mol. The Labute approximate surface area is 229 Å². The second-order valence-corrected chi connectivity index (χ2v) is 8.70. The Balaban J connectivity index is 0.00000361. The molecule has 0 aliphatic carbocycles. The summed E-state index contributed by atoms with van der Waals surface area (Å²) in [5.41, 5.74) is 0.202. The van der Waals surface area contributed by atoms with E-state index < -0.39 is 40.5 Å². The zero-order chi connectivity index (χ0) is 25.2. The van der Waals surface area contributed by atoms with E-state index in [2.05, 4.69) is 0 Å². The predicted molar refractivity (Wildman–Crippen MR) is 118 cm³/mol. The maximum Gasteiger partial charge on any atom is 1.00 e. The monoisotopic (exact) mass is 511 g/mol. The molecule has 2 aliphatic rings. The molecule has 1 amide bonds. The Morgan fingerprint density at radius 2 is 1.61 bits per heavy atom. The van der Waals surface area contributed by atoms with Crippen LogP contribution in [0.5, 0.6) is 0 Å². The predicted octanol–water partition coefficient (Wildman–Crippen LogP) is 0.835. The molecule has 0 aromatic heterocycles. The van der Waals surface area contributed by atoms with Crippen LogP contribution in [-0.4, -0.2) is 42.1 Å². The number of benzene rings is 2. The summed E-state index contributed by atoms with van der Waals surface area (Å²) in [7, 11) is 0. The van der Waals surface area contributed by atoms with Crippen molar-refractivity contribution in [2.75, 3.05) is 19.8 Å². The van der Waals surface area contributed by atoms with Gasteiger partial charge in [-0.05, 0) is 55.0 Å². The summed E-state index contributed by atoms with van der Waals surface area (Å²) in [6.07, 6.45) is -3.42. The molecule has 2 aromatic rings. The minimum Gasteiger partial charge on any atom is -0.875 e. The summed E-state index contributed by atoms with van der Waals surface area (Å²) < 4.78 is 48.9. The van der Waals surface area contributed by atoms with E-state index in [0.717, 1.165) is 23.3 Å². The van der Waals surface area contributed by atoms with E-state index in [1.54, 1.807) is 36.1 Å². The van der Waals surface area contributed by atoms with Gasteiger partial charge in [0.05, 0.1) is 17.7 Å².